The van der Waals surface area contributed by atoms with Gasteiger partial charge in [0.05, 0.1) is 13.1 Å². The van der Waals surface area contributed by atoms with Crippen molar-refractivity contribution in [2.24, 2.45) is 5.73 Å². The molecule has 0 bridgehead atoms. The van der Waals surface area contributed by atoms with Gasteiger partial charge in [-0.25, -0.2) is 4.79 Å². The van der Waals surface area contributed by atoms with Gasteiger partial charge in [-0.3, -0.25) is 14.4 Å². The van der Waals surface area contributed by atoms with Crippen LogP contribution in [0.4, 0.5) is 0 Å². The van der Waals surface area contributed by atoms with Crippen LogP contribution in [0.1, 0.15) is 5.56 Å². The van der Waals surface area contributed by atoms with Crippen LogP contribution in [0.25, 0.3) is 0 Å². The molecule has 0 radical (unpaired) electrons. The van der Waals surface area contributed by atoms with Gasteiger partial charge in [0.1, 0.15) is 12.1 Å². The van der Waals surface area contributed by atoms with Gasteiger partial charge >= 0.3 is 5.97 Å². The van der Waals surface area contributed by atoms with Gasteiger partial charge in [-0.05, 0) is 5.56 Å². The van der Waals surface area contributed by atoms with Crippen molar-refractivity contribution < 1.29 is 24.3 Å². The normalized spacial score (nSPS) is 12.5. The van der Waals surface area contributed by atoms with E-state index >= 15 is 0 Å². The number of carboxylic acid groups (broad SMARTS) is 1. The lowest BCUT2D eigenvalue weighted by Gasteiger charge is -2.21. The summed E-state index contributed by atoms with van der Waals surface area (Å²) < 4.78 is 0. The first-order valence-corrected chi connectivity index (χ1v) is 8.44. The van der Waals surface area contributed by atoms with Crippen molar-refractivity contribution in [3.05, 3.63) is 35.9 Å². The molecule has 0 saturated carbocycles. The number of benzene rings is 1. The smallest absolute Gasteiger partial charge is 0.327 e. The SMILES string of the molecule is NCC(=O)NCC(=O)NC(Cc1ccccc1)C(=O)NC(CS)C(=O)O. The predicted molar refractivity (Wildman–Crippen MR) is 97.6 cm³/mol. The molecule has 0 aliphatic carbocycles. The molecule has 0 spiro atoms. The summed E-state index contributed by atoms with van der Waals surface area (Å²) in [6.07, 6.45) is 0.155. The highest BCUT2D eigenvalue weighted by Gasteiger charge is 2.26. The molecule has 6 N–H and O–H groups in total. The van der Waals surface area contributed by atoms with E-state index in [0.29, 0.717) is 0 Å². The fourth-order valence-corrected chi connectivity index (χ4v) is 2.26. The zero-order valence-corrected chi connectivity index (χ0v) is 14.9. The molecule has 0 aromatic heterocycles. The maximum atomic E-state index is 12.4. The molecule has 3 amide bonds. The van der Waals surface area contributed by atoms with E-state index in [9.17, 15) is 19.2 Å². The lowest BCUT2D eigenvalue weighted by molar-refractivity contribution is -0.141. The number of carbonyl (C=O) groups is 4. The summed E-state index contributed by atoms with van der Waals surface area (Å²) in [4.78, 5) is 46.6. The molecule has 0 fully saturated rings. The molecule has 26 heavy (non-hydrogen) atoms. The highest BCUT2D eigenvalue weighted by molar-refractivity contribution is 7.80. The predicted octanol–water partition coefficient (Wildman–Crippen LogP) is -1.71. The minimum absolute atomic E-state index is 0.0976. The van der Waals surface area contributed by atoms with Crippen LogP contribution in [0.5, 0.6) is 0 Å². The Balaban J connectivity index is 2.80. The quantitative estimate of drug-likeness (QED) is 0.265. The van der Waals surface area contributed by atoms with Gasteiger partial charge in [0.25, 0.3) is 0 Å². The fourth-order valence-electron chi connectivity index (χ4n) is 2.01. The number of aliphatic carboxylic acids is 1. The third-order valence-corrected chi connectivity index (χ3v) is 3.73. The minimum Gasteiger partial charge on any atom is -0.480 e. The van der Waals surface area contributed by atoms with E-state index in [1.165, 1.54) is 0 Å². The monoisotopic (exact) mass is 382 g/mol. The molecule has 142 valence electrons. The van der Waals surface area contributed by atoms with Crippen LogP contribution in [0, 0.1) is 0 Å². The van der Waals surface area contributed by atoms with Crippen molar-refractivity contribution in [3.63, 3.8) is 0 Å². The van der Waals surface area contributed by atoms with Gasteiger partial charge in [-0.2, -0.15) is 12.6 Å². The lowest BCUT2D eigenvalue weighted by Crippen LogP contribution is -2.54. The number of nitrogens with one attached hydrogen (secondary N) is 3. The Morgan fingerprint density at radius 2 is 1.69 bits per heavy atom. The zero-order chi connectivity index (χ0) is 19.5. The summed E-state index contributed by atoms with van der Waals surface area (Å²) in [5, 5.41) is 16.2. The van der Waals surface area contributed by atoms with Gasteiger partial charge in [-0.1, -0.05) is 30.3 Å². The lowest BCUT2D eigenvalue weighted by atomic mass is 10.0. The number of carbonyl (C=O) groups excluding carboxylic acids is 3. The molecule has 9 nitrogen and oxygen atoms in total. The van der Waals surface area contributed by atoms with E-state index in [4.69, 9.17) is 10.8 Å². The summed E-state index contributed by atoms with van der Waals surface area (Å²) >= 11 is 3.89. The van der Waals surface area contributed by atoms with Gasteiger partial charge in [0.15, 0.2) is 0 Å². The molecule has 1 aromatic rings. The van der Waals surface area contributed by atoms with E-state index in [0.717, 1.165) is 5.56 Å². The largest absolute Gasteiger partial charge is 0.480 e. The third-order valence-electron chi connectivity index (χ3n) is 3.36. The Hall–Kier alpha value is -2.59. The Kier molecular flexibility index (Phi) is 9.17. The van der Waals surface area contributed by atoms with Crippen molar-refractivity contribution in [2.75, 3.05) is 18.8 Å². The van der Waals surface area contributed by atoms with Crippen molar-refractivity contribution in [1.29, 1.82) is 0 Å². The Bertz CT molecular complexity index is 641. The molecule has 1 rings (SSSR count). The van der Waals surface area contributed by atoms with E-state index in [1.54, 1.807) is 30.3 Å². The number of thiol groups is 1. The van der Waals surface area contributed by atoms with E-state index in [-0.39, 0.29) is 25.3 Å². The summed E-state index contributed by atoms with van der Waals surface area (Å²) in [7, 11) is 0. The number of rotatable bonds is 10. The van der Waals surface area contributed by atoms with E-state index < -0.39 is 35.8 Å². The van der Waals surface area contributed by atoms with Crippen LogP contribution in [0.15, 0.2) is 30.3 Å². The number of carboxylic acids is 1. The van der Waals surface area contributed by atoms with Gasteiger partial charge < -0.3 is 26.8 Å². The fraction of sp³-hybridized carbons (Fsp3) is 0.375. The molecule has 0 aliphatic rings. The Morgan fingerprint density at radius 3 is 2.23 bits per heavy atom. The second-order valence-corrected chi connectivity index (χ2v) is 5.74. The van der Waals surface area contributed by atoms with Crippen LogP contribution in [0.3, 0.4) is 0 Å². The second-order valence-electron chi connectivity index (χ2n) is 5.37. The van der Waals surface area contributed by atoms with Gasteiger partial charge in [0, 0.05) is 12.2 Å². The first-order chi connectivity index (χ1) is 12.4. The van der Waals surface area contributed by atoms with Gasteiger partial charge in [0.2, 0.25) is 17.7 Å². The summed E-state index contributed by atoms with van der Waals surface area (Å²) in [5.41, 5.74) is 5.91. The molecule has 0 aliphatic heterocycles. The Labute approximate surface area is 156 Å². The van der Waals surface area contributed by atoms with Crippen molar-refractivity contribution >= 4 is 36.3 Å². The number of hydrogen-bond donors (Lipinski definition) is 6. The summed E-state index contributed by atoms with van der Waals surface area (Å²) in [5.74, 6) is -3.09. The molecular formula is C16H22N4O5S. The van der Waals surface area contributed by atoms with Crippen molar-refractivity contribution in [2.45, 2.75) is 18.5 Å². The molecule has 2 atom stereocenters. The van der Waals surface area contributed by atoms with Crippen LogP contribution >= 0.6 is 12.6 Å². The van der Waals surface area contributed by atoms with E-state index in [1.807, 2.05) is 0 Å². The minimum atomic E-state index is -1.23. The average Bonchev–Trinajstić information content (AvgIpc) is 2.63. The molecule has 0 saturated heterocycles. The van der Waals surface area contributed by atoms with E-state index in [2.05, 4.69) is 28.6 Å². The highest BCUT2D eigenvalue weighted by atomic mass is 32.1. The molecule has 10 heteroatoms. The van der Waals surface area contributed by atoms with Crippen LogP contribution in [-0.2, 0) is 25.6 Å². The maximum absolute atomic E-state index is 12.4. The first-order valence-electron chi connectivity index (χ1n) is 7.81. The Morgan fingerprint density at radius 1 is 1.04 bits per heavy atom. The first kappa shape index (κ1) is 21.5. The topological polar surface area (TPSA) is 151 Å². The average molecular weight is 382 g/mol. The third kappa shape index (κ3) is 7.53. The highest BCUT2D eigenvalue weighted by Crippen LogP contribution is 2.04. The van der Waals surface area contributed by atoms with Crippen molar-refractivity contribution in [1.82, 2.24) is 16.0 Å². The van der Waals surface area contributed by atoms with Crippen molar-refractivity contribution in [3.8, 4) is 0 Å². The molecule has 1 aromatic carbocycles. The molecule has 0 heterocycles. The second kappa shape index (κ2) is 11.1. The van der Waals surface area contributed by atoms with Crippen LogP contribution < -0.4 is 21.7 Å². The maximum Gasteiger partial charge on any atom is 0.327 e. The zero-order valence-electron chi connectivity index (χ0n) is 14.0. The van der Waals surface area contributed by atoms with Gasteiger partial charge in [-0.15, -0.1) is 0 Å². The number of hydrogen-bond acceptors (Lipinski definition) is 6. The van der Waals surface area contributed by atoms with Crippen LogP contribution in [-0.4, -0.2) is 59.7 Å². The molecule has 2 unspecified atom stereocenters. The summed E-state index contributed by atoms with van der Waals surface area (Å²) in [6, 6.07) is 6.72. The standard InChI is InChI=1S/C16H22N4O5S/c17-7-13(21)18-8-14(22)19-11(6-10-4-2-1-3-5-10)15(23)20-12(9-26)16(24)25/h1-5,11-12,26H,6-9,17H2,(H,18,21)(H,19,22)(H,20,23)(H,24,25). The summed E-state index contributed by atoms with van der Waals surface area (Å²) in [6.45, 7) is -0.604. The van der Waals surface area contributed by atoms with Crippen LogP contribution in [0.2, 0.25) is 0 Å². The number of nitrogens with two attached hydrogens (primary N) is 1. The molecular weight excluding hydrogens is 360 g/mol. The number of amides is 3.